The second-order valence-corrected chi connectivity index (χ2v) is 8.29. The Hall–Kier alpha value is -1.82. The number of carbonyl (C=O) groups excluding carboxylic acids is 1. The number of aryl methyl sites for hydroxylation is 2. The summed E-state index contributed by atoms with van der Waals surface area (Å²) in [5.41, 5.74) is 5.33. The first kappa shape index (κ1) is 19.0. The molecule has 1 aliphatic heterocycles. The van der Waals surface area contributed by atoms with E-state index in [1.165, 1.54) is 11.8 Å². The Labute approximate surface area is 168 Å². The number of aromatic nitrogens is 1. The molecule has 2 aromatic rings. The van der Waals surface area contributed by atoms with Gasteiger partial charge in [0.25, 0.3) is 5.91 Å². The van der Waals surface area contributed by atoms with E-state index in [9.17, 15) is 4.79 Å². The maximum atomic E-state index is 12.6. The van der Waals surface area contributed by atoms with Crippen LogP contribution in [0, 0.1) is 20.8 Å². The molecule has 3 rings (SSSR count). The van der Waals surface area contributed by atoms with Gasteiger partial charge in [-0.2, -0.15) is 0 Å². The highest BCUT2D eigenvalue weighted by molar-refractivity contribution is 8.26. The summed E-state index contributed by atoms with van der Waals surface area (Å²) in [5.74, 6) is -0.0661. The van der Waals surface area contributed by atoms with Crippen LogP contribution in [0.5, 0.6) is 0 Å². The molecular weight excluding hydrogens is 384 g/mol. The first-order valence-electron chi connectivity index (χ1n) is 8.15. The Kier molecular flexibility index (Phi) is 5.42. The van der Waals surface area contributed by atoms with E-state index in [0.29, 0.717) is 20.8 Å². The number of hydrogen-bond acceptors (Lipinski definition) is 3. The lowest BCUT2D eigenvalue weighted by Gasteiger charge is -2.13. The number of halogens is 1. The maximum absolute atomic E-state index is 12.6. The SMILES string of the molecule is C=CCN1C(=O)/C(=C/c2cc(C)n(-c3cc(Cl)ccc3C)c2C)SC1=S. The first-order chi connectivity index (χ1) is 12.3. The summed E-state index contributed by atoms with van der Waals surface area (Å²) in [7, 11) is 0. The highest BCUT2D eigenvalue weighted by atomic mass is 35.5. The van der Waals surface area contributed by atoms with Crippen molar-refractivity contribution in [3.8, 4) is 5.69 Å². The van der Waals surface area contributed by atoms with Gasteiger partial charge in [-0.1, -0.05) is 47.7 Å². The lowest BCUT2D eigenvalue weighted by Crippen LogP contribution is -2.27. The van der Waals surface area contributed by atoms with Crippen LogP contribution in [0.3, 0.4) is 0 Å². The highest BCUT2D eigenvalue weighted by Crippen LogP contribution is 2.34. The lowest BCUT2D eigenvalue weighted by atomic mass is 10.2. The molecule has 6 heteroatoms. The fraction of sp³-hybridized carbons (Fsp3) is 0.200. The van der Waals surface area contributed by atoms with Gasteiger partial charge in [-0.25, -0.2) is 0 Å². The Morgan fingerprint density at radius 3 is 2.69 bits per heavy atom. The molecule has 0 radical (unpaired) electrons. The van der Waals surface area contributed by atoms with E-state index < -0.39 is 0 Å². The molecule has 1 fully saturated rings. The molecule has 1 aliphatic rings. The van der Waals surface area contributed by atoms with E-state index in [4.69, 9.17) is 23.8 Å². The summed E-state index contributed by atoms with van der Waals surface area (Å²) in [5, 5.41) is 0.699. The van der Waals surface area contributed by atoms with Gasteiger partial charge in [-0.3, -0.25) is 9.69 Å². The van der Waals surface area contributed by atoms with E-state index >= 15 is 0 Å². The minimum Gasteiger partial charge on any atom is -0.318 e. The van der Waals surface area contributed by atoms with Crippen molar-refractivity contribution in [1.82, 2.24) is 9.47 Å². The third-order valence-corrected chi connectivity index (χ3v) is 5.97. The average Bonchev–Trinajstić information content (AvgIpc) is 3.01. The number of hydrogen-bond donors (Lipinski definition) is 0. The molecule has 0 saturated carbocycles. The van der Waals surface area contributed by atoms with Gasteiger partial charge in [-0.15, -0.1) is 6.58 Å². The summed E-state index contributed by atoms with van der Waals surface area (Å²) in [6.45, 7) is 10.3. The van der Waals surface area contributed by atoms with Crippen molar-refractivity contribution in [2.45, 2.75) is 20.8 Å². The maximum Gasteiger partial charge on any atom is 0.266 e. The molecule has 0 spiro atoms. The summed E-state index contributed by atoms with van der Waals surface area (Å²) < 4.78 is 2.73. The highest BCUT2D eigenvalue weighted by Gasteiger charge is 2.31. The van der Waals surface area contributed by atoms with E-state index in [0.717, 1.165) is 28.2 Å². The lowest BCUT2D eigenvalue weighted by molar-refractivity contribution is -0.121. The van der Waals surface area contributed by atoms with Crippen molar-refractivity contribution in [3.05, 3.63) is 69.4 Å². The smallest absolute Gasteiger partial charge is 0.266 e. The van der Waals surface area contributed by atoms with E-state index in [2.05, 4.69) is 24.1 Å². The first-order valence-corrected chi connectivity index (χ1v) is 9.75. The number of amides is 1. The molecule has 0 bridgehead atoms. The van der Waals surface area contributed by atoms with Gasteiger partial charge in [0.1, 0.15) is 4.32 Å². The number of thiocarbonyl (C=S) groups is 1. The standard InChI is InChI=1S/C20H19ClN2OS2/c1-5-8-22-19(24)18(26-20(22)25)10-15-9-13(3)23(14(15)4)17-11-16(21)7-6-12(17)2/h5-7,9-11H,1,8H2,2-4H3/b18-10-. The summed E-state index contributed by atoms with van der Waals surface area (Å²) in [6, 6.07) is 7.94. The Morgan fingerprint density at radius 2 is 2.00 bits per heavy atom. The van der Waals surface area contributed by atoms with Crippen molar-refractivity contribution in [1.29, 1.82) is 0 Å². The summed E-state index contributed by atoms with van der Waals surface area (Å²) >= 11 is 12.8. The van der Waals surface area contributed by atoms with Crippen LogP contribution in [0.4, 0.5) is 0 Å². The average molecular weight is 403 g/mol. The zero-order chi connectivity index (χ0) is 19.0. The molecule has 1 saturated heterocycles. The van der Waals surface area contributed by atoms with Crippen LogP contribution in [-0.4, -0.2) is 26.2 Å². The van der Waals surface area contributed by atoms with Crippen LogP contribution in [0.25, 0.3) is 11.8 Å². The fourth-order valence-corrected chi connectivity index (χ4v) is 4.49. The minimum atomic E-state index is -0.0661. The molecule has 3 nitrogen and oxygen atoms in total. The molecule has 1 amide bonds. The number of nitrogens with zero attached hydrogens (tertiary/aromatic N) is 2. The normalized spacial score (nSPS) is 16.0. The largest absolute Gasteiger partial charge is 0.318 e. The Bertz CT molecular complexity index is 959. The van der Waals surface area contributed by atoms with Gasteiger partial charge in [-0.05, 0) is 56.2 Å². The van der Waals surface area contributed by atoms with Crippen LogP contribution in [-0.2, 0) is 4.79 Å². The molecule has 26 heavy (non-hydrogen) atoms. The third-order valence-electron chi connectivity index (χ3n) is 4.35. The number of carbonyl (C=O) groups is 1. The van der Waals surface area contributed by atoms with Crippen molar-refractivity contribution in [3.63, 3.8) is 0 Å². The van der Waals surface area contributed by atoms with Crippen molar-refractivity contribution in [2.24, 2.45) is 0 Å². The van der Waals surface area contributed by atoms with Gasteiger partial charge in [0, 0.05) is 28.6 Å². The monoisotopic (exact) mass is 402 g/mol. The minimum absolute atomic E-state index is 0.0661. The summed E-state index contributed by atoms with van der Waals surface area (Å²) in [6.07, 6.45) is 3.60. The molecule has 0 atom stereocenters. The number of benzene rings is 1. The molecule has 0 N–H and O–H groups in total. The zero-order valence-corrected chi connectivity index (χ0v) is 17.3. The Balaban J connectivity index is 2.04. The van der Waals surface area contributed by atoms with Crippen LogP contribution in [0.2, 0.25) is 5.02 Å². The molecular formula is C20H19ClN2OS2. The van der Waals surface area contributed by atoms with Crippen LogP contribution >= 0.6 is 35.6 Å². The van der Waals surface area contributed by atoms with E-state index in [1.807, 2.05) is 38.1 Å². The van der Waals surface area contributed by atoms with Gasteiger partial charge >= 0.3 is 0 Å². The van der Waals surface area contributed by atoms with Crippen LogP contribution < -0.4 is 0 Å². The molecule has 1 aromatic carbocycles. The molecule has 0 unspecified atom stereocenters. The molecule has 134 valence electrons. The predicted molar refractivity (Wildman–Crippen MR) is 115 cm³/mol. The van der Waals surface area contributed by atoms with Gasteiger partial charge in [0.2, 0.25) is 0 Å². The van der Waals surface area contributed by atoms with E-state index in [-0.39, 0.29) is 5.91 Å². The second kappa shape index (κ2) is 7.43. The Morgan fingerprint density at radius 1 is 1.27 bits per heavy atom. The predicted octanol–water partition coefficient (Wildman–Crippen LogP) is 5.44. The van der Waals surface area contributed by atoms with Gasteiger partial charge < -0.3 is 4.57 Å². The third kappa shape index (κ3) is 3.39. The molecule has 1 aromatic heterocycles. The van der Waals surface area contributed by atoms with Crippen LogP contribution in [0.15, 0.2) is 41.8 Å². The summed E-state index contributed by atoms with van der Waals surface area (Å²) in [4.78, 5) is 14.8. The van der Waals surface area contributed by atoms with Crippen molar-refractivity contribution < 1.29 is 4.79 Å². The number of thioether (sulfide) groups is 1. The zero-order valence-electron chi connectivity index (χ0n) is 14.9. The quantitative estimate of drug-likeness (QED) is 0.386. The fourth-order valence-electron chi connectivity index (χ4n) is 3.06. The number of rotatable bonds is 4. The second-order valence-electron chi connectivity index (χ2n) is 6.17. The van der Waals surface area contributed by atoms with Crippen LogP contribution in [0.1, 0.15) is 22.5 Å². The van der Waals surface area contributed by atoms with Gasteiger partial charge in [0.05, 0.1) is 4.91 Å². The van der Waals surface area contributed by atoms with E-state index in [1.54, 1.807) is 11.0 Å². The topological polar surface area (TPSA) is 25.2 Å². The van der Waals surface area contributed by atoms with Crippen molar-refractivity contribution >= 4 is 51.9 Å². The van der Waals surface area contributed by atoms with Gasteiger partial charge in [0.15, 0.2) is 0 Å². The molecule has 2 heterocycles. The van der Waals surface area contributed by atoms with Crippen molar-refractivity contribution in [2.75, 3.05) is 6.54 Å². The molecule has 0 aliphatic carbocycles.